The Kier molecular flexibility index (Phi) is 11.3. The highest BCUT2D eigenvalue weighted by atomic mass is 32.2. The van der Waals surface area contributed by atoms with Crippen molar-refractivity contribution >= 4 is 51.6 Å². The topological polar surface area (TPSA) is 171 Å². The molecule has 0 saturated heterocycles. The number of carbonyl (C=O) groups excluding carboxylic acids is 3. The molecule has 0 bridgehead atoms. The number of fused-ring (bicyclic) bond motifs is 3. The number of thioether (sulfide) groups is 1. The van der Waals surface area contributed by atoms with Crippen molar-refractivity contribution in [3.8, 4) is 28.4 Å². The molecule has 0 fully saturated rings. The second-order valence-electron chi connectivity index (χ2n) is 10.4. The number of hydrogen-bond acceptors (Lipinski definition) is 11. The van der Waals surface area contributed by atoms with E-state index in [1.165, 1.54) is 38.5 Å². The lowest BCUT2D eigenvalue weighted by atomic mass is 9.95. The predicted octanol–water partition coefficient (Wildman–Crippen LogP) is 3.52. The molecule has 1 aromatic heterocycles. The zero-order chi connectivity index (χ0) is 32.7. The van der Waals surface area contributed by atoms with Crippen LogP contribution in [0.4, 0.5) is 10.8 Å². The molecule has 1 heterocycles. The molecule has 3 amide bonds. The van der Waals surface area contributed by atoms with Crippen molar-refractivity contribution in [2.24, 2.45) is 5.73 Å². The zero-order valence-electron chi connectivity index (χ0n) is 25.8. The molecular weight excluding hydrogens is 619 g/mol. The van der Waals surface area contributed by atoms with Gasteiger partial charge in [0, 0.05) is 17.9 Å². The van der Waals surface area contributed by atoms with Crippen molar-refractivity contribution in [3.05, 3.63) is 56.7 Å². The molecule has 0 spiro atoms. The van der Waals surface area contributed by atoms with Gasteiger partial charge in [0.1, 0.15) is 6.04 Å². The highest BCUT2D eigenvalue weighted by molar-refractivity contribution is 7.98. The van der Waals surface area contributed by atoms with Crippen LogP contribution in [0.1, 0.15) is 42.6 Å². The van der Waals surface area contributed by atoms with E-state index in [2.05, 4.69) is 20.9 Å². The minimum Gasteiger partial charge on any atom is -0.493 e. The number of carbonyl (C=O) groups is 3. The van der Waals surface area contributed by atoms with Crippen LogP contribution in [0.2, 0.25) is 0 Å². The lowest BCUT2D eigenvalue weighted by molar-refractivity contribution is -0.120. The van der Waals surface area contributed by atoms with E-state index in [1.807, 2.05) is 12.3 Å². The summed E-state index contributed by atoms with van der Waals surface area (Å²) in [6.45, 7) is 1.44. The lowest BCUT2D eigenvalue weighted by Gasteiger charge is -2.19. The number of benzene rings is 1. The van der Waals surface area contributed by atoms with Crippen LogP contribution >= 0.6 is 23.1 Å². The first-order valence-electron chi connectivity index (χ1n) is 14.2. The fourth-order valence-electron chi connectivity index (χ4n) is 5.34. The quantitative estimate of drug-likeness (QED) is 0.214. The van der Waals surface area contributed by atoms with E-state index in [4.69, 9.17) is 19.9 Å². The van der Waals surface area contributed by atoms with Gasteiger partial charge in [-0.3, -0.25) is 19.2 Å². The first-order valence-corrected chi connectivity index (χ1v) is 16.4. The SMILES string of the molecule is COc1cc2c(c(OC)c1OC)-c1ccc(N[C@@H](CCSC)C(=O)Nc3nc(CC(N)=O)cs3)c(=O)cc1[C@@H](NC(C)=O)CC2. The summed E-state index contributed by atoms with van der Waals surface area (Å²) < 4.78 is 17.1. The second kappa shape index (κ2) is 15.1. The highest BCUT2D eigenvalue weighted by Gasteiger charge is 2.30. The van der Waals surface area contributed by atoms with Crippen molar-refractivity contribution in [2.45, 2.75) is 44.7 Å². The van der Waals surface area contributed by atoms with Gasteiger partial charge in [0.15, 0.2) is 16.6 Å². The van der Waals surface area contributed by atoms with E-state index in [1.54, 1.807) is 36.4 Å². The number of nitrogens with two attached hydrogens (primary N) is 1. The number of hydrogen-bond donors (Lipinski definition) is 4. The van der Waals surface area contributed by atoms with Gasteiger partial charge in [-0.25, -0.2) is 4.98 Å². The molecule has 3 aromatic rings. The first kappa shape index (κ1) is 33.6. The molecule has 0 radical (unpaired) electrons. The number of primary amides is 1. The molecule has 0 unspecified atom stereocenters. The maximum Gasteiger partial charge on any atom is 0.248 e. The molecule has 0 saturated carbocycles. The van der Waals surface area contributed by atoms with Crippen molar-refractivity contribution in [1.82, 2.24) is 10.3 Å². The average Bonchev–Trinajstić information content (AvgIpc) is 3.30. The molecule has 14 heteroatoms. The summed E-state index contributed by atoms with van der Waals surface area (Å²) in [5.41, 5.74) is 8.51. The van der Waals surface area contributed by atoms with E-state index in [9.17, 15) is 19.2 Å². The Morgan fingerprint density at radius 3 is 2.53 bits per heavy atom. The smallest absolute Gasteiger partial charge is 0.248 e. The Morgan fingerprint density at radius 1 is 1.13 bits per heavy atom. The van der Waals surface area contributed by atoms with Crippen molar-refractivity contribution in [2.75, 3.05) is 44.0 Å². The summed E-state index contributed by atoms with van der Waals surface area (Å²) in [4.78, 5) is 54.9. The summed E-state index contributed by atoms with van der Waals surface area (Å²) in [5, 5.41) is 10.9. The molecule has 5 N–H and O–H groups in total. The third kappa shape index (κ3) is 7.87. The average molecular weight is 656 g/mol. The van der Waals surface area contributed by atoms with Gasteiger partial charge in [-0.2, -0.15) is 11.8 Å². The Bertz CT molecular complexity index is 1650. The first-order chi connectivity index (χ1) is 21.6. The Labute approximate surface area is 269 Å². The van der Waals surface area contributed by atoms with Crippen LogP contribution in [0.25, 0.3) is 11.1 Å². The molecule has 0 aliphatic heterocycles. The van der Waals surface area contributed by atoms with E-state index in [0.717, 1.165) is 11.1 Å². The van der Waals surface area contributed by atoms with Gasteiger partial charge in [0.2, 0.25) is 28.9 Å². The van der Waals surface area contributed by atoms with Crippen LogP contribution in [-0.4, -0.2) is 62.1 Å². The summed E-state index contributed by atoms with van der Waals surface area (Å²) >= 11 is 2.75. The van der Waals surface area contributed by atoms with E-state index in [0.29, 0.717) is 64.2 Å². The van der Waals surface area contributed by atoms with E-state index >= 15 is 0 Å². The van der Waals surface area contributed by atoms with Gasteiger partial charge in [-0.05, 0) is 66.2 Å². The highest BCUT2D eigenvalue weighted by Crippen LogP contribution is 2.50. The summed E-state index contributed by atoms with van der Waals surface area (Å²) in [5.74, 6) is 0.879. The number of methoxy groups -OCH3 is 3. The molecular formula is C31H37N5O7S2. The number of ether oxygens (including phenoxy) is 3. The number of nitrogens with zero attached hydrogens (tertiary/aromatic N) is 1. The number of thiazole rings is 1. The summed E-state index contributed by atoms with van der Waals surface area (Å²) in [6.07, 6.45) is 3.42. The molecule has 2 aromatic carbocycles. The molecule has 2 atom stereocenters. The lowest BCUT2D eigenvalue weighted by Crippen LogP contribution is -2.36. The number of rotatable bonds is 13. The van der Waals surface area contributed by atoms with Crippen molar-refractivity contribution < 1.29 is 28.6 Å². The minimum atomic E-state index is -0.770. The molecule has 1 aliphatic carbocycles. The normalized spacial score (nSPS) is 14.2. The van der Waals surface area contributed by atoms with Crippen LogP contribution in [0.3, 0.4) is 0 Å². The third-order valence-corrected chi connectivity index (χ3v) is 8.76. The van der Waals surface area contributed by atoms with Gasteiger partial charge in [-0.15, -0.1) is 11.3 Å². The monoisotopic (exact) mass is 655 g/mol. The van der Waals surface area contributed by atoms with Crippen LogP contribution in [0.5, 0.6) is 17.2 Å². The standard InChI is InChI=1S/C31H37N5O7S2/c1-16(37)33-21-8-6-17-12-25(41-2)28(42-3)29(43-4)27(17)19-7-9-22(24(38)14-20(19)21)35-23(10-11-44-5)30(40)36-31-34-18(15-45-31)13-26(32)39/h7,9,12,14-15,21,23H,6,8,10-11,13H2,1-5H3,(H2,32,39)(H,33,37)(H,35,38)(H,34,36,40)/t21-,23-/m0/s1. The van der Waals surface area contributed by atoms with Gasteiger partial charge < -0.3 is 35.9 Å². The number of aromatic nitrogens is 1. The minimum absolute atomic E-state index is 0.0305. The number of aryl methyl sites for hydroxylation is 1. The van der Waals surface area contributed by atoms with E-state index < -0.39 is 18.0 Å². The maximum absolute atomic E-state index is 13.8. The summed E-state index contributed by atoms with van der Waals surface area (Å²) in [6, 6.07) is 5.60. The molecule has 45 heavy (non-hydrogen) atoms. The van der Waals surface area contributed by atoms with Crippen molar-refractivity contribution in [3.63, 3.8) is 0 Å². The van der Waals surface area contributed by atoms with E-state index in [-0.39, 0.29) is 29.4 Å². The van der Waals surface area contributed by atoms with Crippen LogP contribution in [-0.2, 0) is 27.2 Å². The third-order valence-electron chi connectivity index (χ3n) is 7.31. The number of anilines is 2. The number of nitrogens with one attached hydrogen (secondary N) is 3. The number of amides is 3. The van der Waals surface area contributed by atoms with Crippen molar-refractivity contribution in [1.29, 1.82) is 0 Å². The summed E-state index contributed by atoms with van der Waals surface area (Å²) in [7, 11) is 4.61. The maximum atomic E-state index is 13.8. The predicted molar refractivity (Wildman–Crippen MR) is 177 cm³/mol. The zero-order valence-corrected chi connectivity index (χ0v) is 27.4. The molecule has 12 nitrogen and oxygen atoms in total. The van der Waals surface area contributed by atoms with Gasteiger partial charge in [0.05, 0.1) is 45.2 Å². The van der Waals surface area contributed by atoms with Crippen LogP contribution in [0.15, 0.2) is 34.4 Å². The molecule has 4 rings (SSSR count). The fraction of sp³-hybridized carbons (Fsp3) is 0.387. The van der Waals surface area contributed by atoms with Gasteiger partial charge in [-0.1, -0.05) is 6.07 Å². The van der Waals surface area contributed by atoms with Gasteiger partial charge >= 0.3 is 0 Å². The molecule has 240 valence electrons. The molecule has 1 aliphatic rings. The van der Waals surface area contributed by atoms with Gasteiger partial charge in [0.25, 0.3) is 0 Å². The fourth-order valence-corrected chi connectivity index (χ4v) is 6.52. The Balaban J connectivity index is 1.79. The largest absolute Gasteiger partial charge is 0.493 e. The van der Waals surface area contributed by atoms with Crippen LogP contribution < -0.4 is 41.3 Å². The Hall–Kier alpha value is -4.30. The second-order valence-corrected chi connectivity index (χ2v) is 12.2. The Morgan fingerprint density at radius 2 is 1.89 bits per heavy atom. The van der Waals surface area contributed by atoms with Crippen LogP contribution in [0, 0.1) is 0 Å².